The second-order valence-electron chi connectivity index (χ2n) is 6.82. The molecule has 4 aromatic rings. The molecule has 0 saturated carbocycles. The van der Waals surface area contributed by atoms with Gasteiger partial charge in [0.25, 0.3) is 0 Å². The predicted molar refractivity (Wildman–Crippen MR) is 116 cm³/mol. The van der Waals surface area contributed by atoms with Gasteiger partial charge in [-0.3, -0.25) is 4.98 Å². The first kappa shape index (κ1) is 19.7. The highest BCUT2D eigenvalue weighted by molar-refractivity contribution is 6.36. The largest absolute Gasteiger partial charge is 0.406 e. The molecule has 0 aliphatic rings. The fraction of sp³-hybridized carbons (Fsp3) is 0.174. The van der Waals surface area contributed by atoms with Crippen LogP contribution in [0, 0.1) is 5.82 Å². The molecular formula is C23H19Cl2FN2O. The van der Waals surface area contributed by atoms with E-state index in [4.69, 9.17) is 28.0 Å². The molecule has 4 rings (SSSR count). The Bertz CT molecular complexity index is 1170. The maximum atomic E-state index is 13.9. The van der Waals surface area contributed by atoms with Crippen LogP contribution in [-0.2, 0) is 6.42 Å². The van der Waals surface area contributed by atoms with Crippen molar-refractivity contribution in [3.05, 3.63) is 87.9 Å². The average Bonchev–Trinajstić information content (AvgIpc) is 3.13. The number of halogens is 3. The molecule has 148 valence electrons. The van der Waals surface area contributed by atoms with Crippen LogP contribution in [0.1, 0.15) is 31.1 Å². The number of pyridine rings is 1. The third kappa shape index (κ3) is 3.83. The monoisotopic (exact) mass is 428 g/mol. The van der Waals surface area contributed by atoms with Gasteiger partial charge in [-0.1, -0.05) is 54.4 Å². The number of rotatable bonds is 5. The zero-order chi connectivity index (χ0) is 20.5. The van der Waals surface area contributed by atoms with Crippen molar-refractivity contribution >= 4 is 34.2 Å². The molecule has 0 amide bonds. The van der Waals surface area contributed by atoms with Crippen molar-refractivity contribution < 1.29 is 9.23 Å². The SMILES string of the molecule is CCc1ccc(-c2cnc3ccn(OC(C)c4c(Cl)ccc(F)c4Cl)c3c2)cc1. The topological polar surface area (TPSA) is 27.1 Å². The van der Waals surface area contributed by atoms with Gasteiger partial charge in [-0.15, -0.1) is 0 Å². The van der Waals surface area contributed by atoms with Gasteiger partial charge < -0.3 is 4.84 Å². The summed E-state index contributed by atoms with van der Waals surface area (Å²) >= 11 is 12.4. The molecule has 29 heavy (non-hydrogen) atoms. The van der Waals surface area contributed by atoms with Crippen molar-refractivity contribution in [2.75, 3.05) is 0 Å². The van der Waals surface area contributed by atoms with E-state index in [9.17, 15) is 4.39 Å². The van der Waals surface area contributed by atoms with E-state index in [1.165, 1.54) is 17.7 Å². The van der Waals surface area contributed by atoms with Crippen molar-refractivity contribution in [1.82, 2.24) is 9.71 Å². The van der Waals surface area contributed by atoms with E-state index in [0.29, 0.717) is 10.6 Å². The Morgan fingerprint density at radius 1 is 1.07 bits per heavy atom. The van der Waals surface area contributed by atoms with E-state index in [1.54, 1.807) is 17.9 Å². The summed E-state index contributed by atoms with van der Waals surface area (Å²) in [5, 5.41) is 0.325. The molecule has 6 heteroatoms. The second-order valence-corrected chi connectivity index (χ2v) is 7.61. The zero-order valence-corrected chi connectivity index (χ0v) is 17.5. The van der Waals surface area contributed by atoms with E-state index in [1.807, 2.05) is 18.3 Å². The van der Waals surface area contributed by atoms with Crippen molar-refractivity contribution in [2.24, 2.45) is 0 Å². The van der Waals surface area contributed by atoms with Gasteiger partial charge in [-0.05, 0) is 48.7 Å². The van der Waals surface area contributed by atoms with Crippen LogP contribution in [-0.4, -0.2) is 9.71 Å². The van der Waals surface area contributed by atoms with Crippen LogP contribution in [0.15, 0.2) is 60.9 Å². The number of aryl methyl sites for hydroxylation is 1. The first-order valence-electron chi connectivity index (χ1n) is 9.35. The van der Waals surface area contributed by atoms with Crippen molar-refractivity contribution in [3.63, 3.8) is 0 Å². The number of hydrogen-bond acceptors (Lipinski definition) is 2. The fourth-order valence-corrected chi connectivity index (χ4v) is 3.99. The first-order chi connectivity index (χ1) is 14.0. The summed E-state index contributed by atoms with van der Waals surface area (Å²) < 4.78 is 15.5. The third-order valence-corrected chi connectivity index (χ3v) is 5.67. The van der Waals surface area contributed by atoms with Gasteiger partial charge in [0.05, 0.1) is 10.5 Å². The van der Waals surface area contributed by atoms with Gasteiger partial charge >= 0.3 is 0 Å². The standard InChI is InChI=1S/C23H19Cl2FN2O/c1-3-15-4-6-16(7-5-15)17-12-21-20(27-13-17)10-11-28(21)29-14(2)22-18(24)8-9-19(26)23(22)25/h4-14H,3H2,1-2H3. The Hall–Kier alpha value is -2.56. The molecular weight excluding hydrogens is 410 g/mol. The molecule has 3 nitrogen and oxygen atoms in total. The minimum Gasteiger partial charge on any atom is -0.406 e. The van der Waals surface area contributed by atoms with Crippen LogP contribution >= 0.6 is 23.2 Å². The number of aromatic nitrogens is 2. The summed E-state index contributed by atoms with van der Waals surface area (Å²) in [7, 11) is 0. The van der Waals surface area contributed by atoms with Gasteiger partial charge in [0, 0.05) is 28.5 Å². The van der Waals surface area contributed by atoms with Crippen molar-refractivity contribution in [3.8, 4) is 11.1 Å². The molecule has 2 heterocycles. The molecule has 0 radical (unpaired) electrons. The van der Waals surface area contributed by atoms with Crippen molar-refractivity contribution in [1.29, 1.82) is 0 Å². The Balaban J connectivity index is 1.69. The van der Waals surface area contributed by atoms with E-state index >= 15 is 0 Å². The van der Waals surface area contributed by atoms with Crippen LogP contribution in [0.5, 0.6) is 0 Å². The smallest absolute Gasteiger partial charge is 0.150 e. The summed E-state index contributed by atoms with van der Waals surface area (Å²) in [5.41, 5.74) is 5.36. The van der Waals surface area contributed by atoms with Crippen molar-refractivity contribution in [2.45, 2.75) is 26.4 Å². The molecule has 0 N–H and O–H groups in total. The molecule has 0 spiro atoms. The molecule has 2 aromatic heterocycles. The molecule has 0 aliphatic heterocycles. The van der Waals surface area contributed by atoms with Gasteiger partial charge in [0.1, 0.15) is 11.3 Å². The number of nitrogens with zero attached hydrogens (tertiary/aromatic N) is 2. The summed E-state index contributed by atoms with van der Waals surface area (Å²) in [5.74, 6) is -0.529. The van der Waals surface area contributed by atoms with E-state index in [-0.39, 0.29) is 5.02 Å². The van der Waals surface area contributed by atoms with E-state index in [2.05, 4.69) is 36.2 Å². The molecule has 0 fully saturated rings. The number of benzene rings is 2. The number of hydrogen-bond donors (Lipinski definition) is 0. The Morgan fingerprint density at radius 2 is 1.83 bits per heavy atom. The number of fused-ring (bicyclic) bond motifs is 1. The molecule has 0 saturated heterocycles. The minimum absolute atomic E-state index is 0.0312. The summed E-state index contributed by atoms with van der Waals surface area (Å²) in [4.78, 5) is 10.6. The predicted octanol–water partition coefficient (Wildman–Crippen LogP) is 6.90. The van der Waals surface area contributed by atoms with Gasteiger partial charge in [-0.2, -0.15) is 4.73 Å². The Kier molecular flexibility index (Phi) is 5.48. The first-order valence-corrected chi connectivity index (χ1v) is 10.1. The summed E-state index contributed by atoms with van der Waals surface area (Å²) in [6.07, 6.45) is 4.06. The van der Waals surface area contributed by atoms with Crippen LogP contribution in [0.25, 0.3) is 22.2 Å². The highest BCUT2D eigenvalue weighted by atomic mass is 35.5. The highest BCUT2D eigenvalue weighted by Gasteiger charge is 2.19. The lowest BCUT2D eigenvalue weighted by molar-refractivity contribution is 0.0562. The fourth-order valence-electron chi connectivity index (χ4n) is 3.31. The van der Waals surface area contributed by atoms with Crippen LogP contribution in [0.4, 0.5) is 4.39 Å². The Labute approximate surface area is 178 Å². The molecule has 2 aromatic carbocycles. The molecule has 1 atom stereocenters. The summed E-state index contributed by atoms with van der Waals surface area (Å²) in [6.45, 7) is 3.91. The lowest BCUT2D eigenvalue weighted by atomic mass is 10.0. The lowest BCUT2D eigenvalue weighted by Crippen LogP contribution is -2.16. The van der Waals surface area contributed by atoms with Crippen LogP contribution in [0.3, 0.4) is 0 Å². The average molecular weight is 429 g/mol. The van der Waals surface area contributed by atoms with E-state index in [0.717, 1.165) is 28.6 Å². The minimum atomic E-state index is -0.561. The molecule has 1 unspecified atom stereocenters. The van der Waals surface area contributed by atoms with E-state index < -0.39 is 11.9 Å². The lowest BCUT2D eigenvalue weighted by Gasteiger charge is -2.19. The second kappa shape index (κ2) is 8.05. The quantitative estimate of drug-likeness (QED) is 0.323. The van der Waals surface area contributed by atoms with Crippen LogP contribution in [0.2, 0.25) is 10.0 Å². The van der Waals surface area contributed by atoms with Gasteiger partial charge in [0.2, 0.25) is 0 Å². The highest BCUT2D eigenvalue weighted by Crippen LogP contribution is 2.33. The molecule has 0 bridgehead atoms. The maximum Gasteiger partial charge on any atom is 0.150 e. The molecule has 0 aliphatic carbocycles. The zero-order valence-electron chi connectivity index (χ0n) is 16.0. The normalized spacial score (nSPS) is 12.3. The van der Waals surface area contributed by atoms with Crippen LogP contribution < -0.4 is 4.84 Å². The summed E-state index contributed by atoms with van der Waals surface area (Å²) in [6, 6.07) is 15.0. The van der Waals surface area contributed by atoms with Gasteiger partial charge in [0.15, 0.2) is 6.10 Å². The third-order valence-electron chi connectivity index (χ3n) is 4.96. The Morgan fingerprint density at radius 3 is 2.55 bits per heavy atom. The maximum absolute atomic E-state index is 13.9. The van der Waals surface area contributed by atoms with Gasteiger partial charge in [-0.25, -0.2) is 4.39 Å².